The molecule has 3 heterocycles. The van der Waals surface area contributed by atoms with Crippen LogP contribution in [0, 0.1) is 6.92 Å². The molecular weight excluding hydrogens is 490 g/mol. The fourth-order valence-electron chi connectivity index (χ4n) is 5.43. The van der Waals surface area contributed by atoms with Crippen LogP contribution >= 0.6 is 15.9 Å². The van der Waals surface area contributed by atoms with E-state index in [0.29, 0.717) is 11.3 Å². The largest absolute Gasteiger partial charge is 0.439 e. The topological polar surface area (TPSA) is 47.4 Å². The lowest BCUT2D eigenvalue weighted by Crippen LogP contribution is -2.31. The van der Waals surface area contributed by atoms with E-state index >= 15 is 0 Å². The first kappa shape index (κ1) is 22.7. The van der Waals surface area contributed by atoms with E-state index in [1.165, 1.54) is 0 Å². The Morgan fingerprint density at radius 3 is 2.53 bits per heavy atom. The van der Waals surface area contributed by atoms with Gasteiger partial charge in [0.2, 0.25) is 5.60 Å². The molecule has 174 valence electrons. The number of anilines is 1. The molecule has 2 aromatic heterocycles. The summed E-state index contributed by atoms with van der Waals surface area (Å²) in [5.41, 5.74) is 5.17. The molecule has 1 unspecified atom stereocenters. The second-order valence-corrected chi connectivity index (χ2v) is 9.38. The van der Waals surface area contributed by atoms with Gasteiger partial charge in [-0.15, -0.1) is 0 Å². The molecule has 0 N–H and O–H groups in total. The number of para-hydroxylation sites is 1. The highest BCUT2D eigenvalue weighted by molar-refractivity contribution is 9.10. The number of halogens is 1. The van der Waals surface area contributed by atoms with Crippen molar-refractivity contribution < 1.29 is 9.53 Å². The number of cyclic esters (lactones) is 1. The summed E-state index contributed by atoms with van der Waals surface area (Å²) in [6.45, 7) is 11.2. The molecule has 0 saturated heterocycles. The number of pyridine rings is 1. The van der Waals surface area contributed by atoms with Crippen LogP contribution in [0.3, 0.4) is 0 Å². The van der Waals surface area contributed by atoms with E-state index in [0.717, 1.165) is 57.5 Å². The van der Waals surface area contributed by atoms with Gasteiger partial charge in [-0.3, -0.25) is 4.98 Å². The highest BCUT2D eigenvalue weighted by Gasteiger charge is 2.52. The van der Waals surface area contributed by atoms with Crippen molar-refractivity contribution in [3.63, 3.8) is 0 Å². The number of nitrogens with zero attached hydrogens (tertiary/aromatic N) is 3. The predicted molar refractivity (Wildman–Crippen MR) is 140 cm³/mol. The zero-order valence-electron chi connectivity index (χ0n) is 19.9. The van der Waals surface area contributed by atoms with E-state index in [1.807, 2.05) is 12.1 Å². The van der Waals surface area contributed by atoms with Gasteiger partial charge in [-0.05, 0) is 74.0 Å². The molecule has 0 radical (unpaired) electrons. The Kier molecular flexibility index (Phi) is 5.72. The SMILES string of the molecule is CCN(CC)c1ccc(C2(c3c(C)n(CC)c4ccccc34)OC(=O)c3cccnc32)cc1Br. The highest BCUT2D eigenvalue weighted by Crippen LogP contribution is 2.51. The number of aromatic nitrogens is 2. The van der Waals surface area contributed by atoms with Crippen LogP contribution in [-0.2, 0) is 16.9 Å². The normalized spacial score (nSPS) is 17.1. The second kappa shape index (κ2) is 8.58. The van der Waals surface area contributed by atoms with E-state index in [2.05, 4.69) is 83.4 Å². The summed E-state index contributed by atoms with van der Waals surface area (Å²) in [7, 11) is 0. The summed E-state index contributed by atoms with van der Waals surface area (Å²) in [4.78, 5) is 20.2. The number of carbonyl (C=O) groups is 1. The number of ether oxygens (including phenoxy) is 1. The summed E-state index contributed by atoms with van der Waals surface area (Å²) in [6, 6.07) is 18.2. The average molecular weight is 518 g/mol. The number of hydrogen-bond donors (Lipinski definition) is 0. The van der Waals surface area contributed by atoms with Crippen molar-refractivity contribution >= 4 is 38.5 Å². The summed E-state index contributed by atoms with van der Waals surface area (Å²) < 4.78 is 9.64. The van der Waals surface area contributed by atoms with Crippen molar-refractivity contribution in [2.24, 2.45) is 0 Å². The maximum Gasteiger partial charge on any atom is 0.341 e. The molecular formula is C28H28BrN3O2. The fourth-order valence-corrected chi connectivity index (χ4v) is 6.06. The first-order chi connectivity index (χ1) is 16.5. The van der Waals surface area contributed by atoms with Crippen LogP contribution in [0.5, 0.6) is 0 Å². The number of fused-ring (bicyclic) bond motifs is 2. The third-order valence-electron chi connectivity index (χ3n) is 6.96. The number of aryl methyl sites for hydroxylation is 1. The highest BCUT2D eigenvalue weighted by atomic mass is 79.9. The molecule has 0 amide bonds. The van der Waals surface area contributed by atoms with Crippen LogP contribution < -0.4 is 4.90 Å². The number of hydrogen-bond acceptors (Lipinski definition) is 4. The van der Waals surface area contributed by atoms with Crippen molar-refractivity contribution in [2.75, 3.05) is 18.0 Å². The fraction of sp³-hybridized carbons (Fsp3) is 0.286. The van der Waals surface area contributed by atoms with Crippen molar-refractivity contribution in [2.45, 2.75) is 39.8 Å². The minimum Gasteiger partial charge on any atom is -0.439 e. The molecule has 1 atom stereocenters. The lowest BCUT2D eigenvalue weighted by molar-refractivity contribution is 0.0245. The molecule has 34 heavy (non-hydrogen) atoms. The molecule has 0 spiro atoms. The Hall–Kier alpha value is -3.12. The Labute approximate surface area is 208 Å². The molecule has 6 heteroatoms. The third-order valence-corrected chi connectivity index (χ3v) is 7.60. The monoisotopic (exact) mass is 517 g/mol. The molecule has 5 rings (SSSR count). The Bertz CT molecular complexity index is 1410. The maximum atomic E-state index is 13.2. The van der Waals surface area contributed by atoms with Crippen LogP contribution in [0.1, 0.15) is 53.6 Å². The van der Waals surface area contributed by atoms with E-state index < -0.39 is 5.60 Å². The lowest BCUT2D eigenvalue weighted by Gasteiger charge is -2.31. The van der Waals surface area contributed by atoms with Gasteiger partial charge < -0.3 is 14.2 Å². The quantitative estimate of drug-likeness (QED) is 0.276. The smallest absolute Gasteiger partial charge is 0.341 e. The molecule has 0 aliphatic carbocycles. The minimum absolute atomic E-state index is 0.347. The van der Waals surface area contributed by atoms with Crippen molar-refractivity contribution in [1.82, 2.24) is 9.55 Å². The van der Waals surface area contributed by atoms with Gasteiger partial charge in [0.05, 0.1) is 11.3 Å². The summed E-state index contributed by atoms with van der Waals surface area (Å²) in [5.74, 6) is -0.347. The number of esters is 1. The van der Waals surface area contributed by atoms with Crippen molar-refractivity contribution in [1.29, 1.82) is 0 Å². The summed E-state index contributed by atoms with van der Waals surface area (Å²) in [6.07, 6.45) is 1.74. The van der Waals surface area contributed by atoms with Gasteiger partial charge >= 0.3 is 5.97 Å². The van der Waals surface area contributed by atoms with Crippen LogP contribution in [0.25, 0.3) is 10.9 Å². The van der Waals surface area contributed by atoms with Gasteiger partial charge in [0.15, 0.2) is 0 Å². The molecule has 1 aliphatic rings. The number of rotatable bonds is 6. The zero-order valence-corrected chi connectivity index (χ0v) is 21.5. The standard InChI is InChI=1S/C28H28BrN3O2/c1-5-31(6-2)24-15-14-19(17-22(24)29)28(26-21(27(33)34-28)12-10-16-30-26)25-18(4)32(7-3)23-13-9-8-11-20(23)25/h8-17H,5-7H2,1-4H3. The van der Waals surface area contributed by atoms with Crippen molar-refractivity contribution in [3.05, 3.63) is 93.3 Å². The first-order valence-corrected chi connectivity index (χ1v) is 12.6. The molecule has 1 aliphatic heterocycles. The molecule has 0 fully saturated rings. The predicted octanol–water partition coefficient (Wildman–Crippen LogP) is 6.44. The number of carbonyl (C=O) groups excluding carboxylic acids is 1. The second-order valence-electron chi connectivity index (χ2n) is 8.53. The van der Waals surface area contributed by atoms with Crippen LogP contribution in [-0.4, -0.2) is 28.6 Å². The number of benzene rings is 2. The van der Waals surface area contributed by atoms with Crippen LogP contribution in [0.2, 0.25) is 0 Å². The van der Waals surface area contributed by atoms with E-state index in [1.54, 1.807) is 18.3 Å². The Morgan fingerprint density at radius 2 is 1.82 bits per heavy atom. The van der Waals surface area contributed by atoms with E-state index in [4.69, 9.17) is 9.72 Å². The summed E-state index contributed by atoms with van der Waals surface area (Å²) >= 11 is 3.81. The first-order valence-electron chi connectivity index (χ1n) is 11.8. The third kappa shape index (κ3) is 3.12. The van der Waals surface area contributed by atoms with Crippen LogP contribution in [0.4, 0.5) is 5.69 Å². The van der Waals surface area contributed by atoms with E-state index in [-0.39, 0.29) is 5.97 Å². The van der Waals surface area contributed by atoms with E-state index in [9.17, 15) is 4.79 Å². The van der Waals surface area contributed by atoms with Gasteiger partial charge in [-0.25, -0.2) is 4.79 Å². The zero-order chi connectivity index (χ0) is 24.0. The van der Waals surface area contributed by atoms with Crippen molar-refractivity contribution in [3.8, 4) is 0 Å². The Morgan fingerprint density at radius 1 is 1.06 bits per heavy atom. The molecule has 4 aromatic rings. The molecule has 0 bridgehead atoms. The van der Waals surface area contributed by atoms with Gasteiger partial charge in [-0.1, -0.05) is 24.3 Å². The molecule has 0 saturated carbocycles. The van der Waals surface area contributed by atoms with Crippen LogP contribution in [0.15, 0.2) is 65.3 Å². The average Bonchev–Trinajstić information content (AvgIpc) is 3.31. The Balaban J connectivity index is 1.87. The van der Waals surface area contributed by atoms with Gasteiger partial charge in [0.25, 0.3) is 0 Å². The molecule has 5 nitrogen and oxygen atoms in total. The summed E-state index contributed by atoms with van der Waals surface area (Å²) in [5, 5.41) is 1.07. The molecule has 2 aromatic carbocycles. The van der Waals surface area contributed by atoms with Gasteiger partial charge in [0.1, 0.15) is 5.69 Å². The van der Waals surface area contributed by atoms with Gasteiger partial charge in [-0.2, -0.15) is 0 Å². The lowest BCUT2D eigenvalue weighted by atomic mass is 9.81. The maximum absolute atomic E-state index is 13.2. The van der Waals surface area contributed by atoms with Gasteiger partial charge in [0, 0.05) is 58.0 Å². The minimum atomic E-state index is -1.14.